The maximum Gasteiger partial charge on any atom is 0.000240 e. The SMILES string of the molecule is CCCCCC(C)(C)CNCC. The number of rotatable bonds is 7. The minimum absolute atomic E-state index is 0.491. The molecule has 0 spiro atoms. The highest BCUT2D eigenvalue weighted by molar-refractivity contribution is 4.70. The number of hydrogen-bond donors (Lipinski definition) is 1. The summed E-state index contributed by atoms with van der Waals surface area (Å²) in [6, 6.07) is 0. The molecule has 0 aromatic carbocycles. The van der Waals surface area contributed by atoms with Crippen molar-refractivity contribution in [1.29, 1.82) is 0 Å². The molecule has 0 saturated carbocycles. The van der Waals surface area contributed by atoms with Gasteiger partial charge in [-0.3, -0.25) is 0 Å². The highest BCUT2D eigenvalue weighted by Gasteiger charge is 2.15. The van der Waals surface area contributed by atoms with Crippen molar-refractivity contribution in [2.75, 3.05) is 13.1 Å². The first-order valence-electron chi connectivity index (χ1n) is 5.33. The lowest BCUT2D eigenvalue weighted by Crippen LogP contribution is -2.29. The van der Waals surface area contributed by atoms with E-state index in [-0.39, 0.29) is 0 Å². The van der Waals surface area contributed by atoms with Crippen LogP contribution >= 0.6 is 0 Å². The first-order chi connectivity index (χ1) is 5.62. The van der Waals surface area contributed by atoms with Gasteiger partial charge in [0.15, 0.2) is 0 Å². The highest BCUT2D eigenvalue weighted by Crippen LogP contribution is 2.22. The predicted molar refractivity (Wildman–Crippen MR) is 56.5 cm³/mol. The Morgan fingerprint density at radius 2 is 1.75 bits per heavy atom. The van der Waals surface area contributed by atoms with Crippen LogP contribution in [0.15, 0.2) is 0 Å². The Labute approximate surface area is 77.9 Å². The van der Waals surface area contributed by atoms with E-state index < -0.39 is 0 Å². The topological polar surface area (TPSA) is 12.0 Å². The molecule has 0 saturated heterocycles. The maximum absolute atomic E-state index is 3.42. The van der Waals surface area contributed by atoms with Crippen LogP contribution in [-0.2, 0) is 0 Å². The van der Waals surface area contributed by atoms with Gasteiger partial charge in [0.2, 0.25) is 0 Å². The van der Waals surface area contributed by atoms with Crippen LogP contribution in [0.2, 0.25) is 0 Å². The van der Waals surface area contributed by atoms with Gasteiger partial charge in [-0.1, -0.05) is 47.0 Å². The first-order valence-corrected chi connectivity index (χ1v) is 5.33. The molecule has 74 valence electrons. The summed E-state index contributed by atoms with van der Waals surface area (Å²) in [7, 11) is 0. The zero-order valence-electron chi connectivity index (χ0n) is 9.24. The Morgan fingerprint density at radius 1 is 1.08 bits per heavy atom. The zero-order chi connectivity index (χ0) is 9.45. The van der Waals surface area contributed by atoms with E-state index in [2.05, 4.69) is 33.0 Å². The van der Waals surface area contributed by atoms with Crippen molar-refractivity contribution in [3.63, 3.8) is 0 Å². The molecule has 1 heteroatoms. The molecule has 0 radical (unpaired) electrons. The Bertz CT molecular complexity index is 97.2. The number of nitrogens with one attached hydrogen (secondary N) is 1. The van der Waals surface area contributed by atoms with Gasteiger partial charge in [-0.05, 0) is 18.4 Å². The summed E-state index contributed by atoms with van der Waals surface area (Å²) in [5, 5.41) is 3.42. The number of hydrogen-bond acceptors (Lipinski definition) is 1. The fourth-order valence-corrected chi connectivity index (χ4v) is 1.41. The molecule has 12 heavy (non-hydrogen) atoms. The van der Waals surface area contributed by atoms with Gasteiger partial charge in [-0.25, -0.2) is 0 Å². The molecule has 0 heterocycles. The summed E-state index contributed by atoms with van der Waals surface area (Å²) in [6.07, 6.45) is 5.45. The van der Waals surface area contributed by atoms with Crippen LogP contribution in [0.3, 0.4) is 0 Å². The van der Waals surface area contributed by atoms with E-state index in [0.29, 0.717) is 5.41 Å². The van der Waals surface area contributed by atoms with Crippen molar-refractivity contribution >= 4 is 0 Å². The lowest BCUT2D eigenvalue weighted by Gasteiger charge is -2.24. The number of unbranched alkanes of at least 4 members (excludes halogenated alkanes) is 2. The second kappa shape index (κ2) is 6.47. The molecule has 1 N–H and O–H groups in total. The van der Waals surface area contributed by atoms with E-state index in [0.717, 1.165) is 13.1 Å². The Hall–Kier alpha value is -0.0400. The van der Waals surface area contributed by atoms with Gasteiger partial charge in [0, 0.05) is 6.54 Å². The van der Waals surface area contributed by atoms with E-state index in [1.54, 1.807) is 0 Å². The third-order valence-electron chi connectivity index (χ3n) is 2.31. The minimum atomic E-state index is 0.491. The summed E-state index contributed by atoms with van der Waals surface area (Å²) in [5.74, 6) is 0. The van der Waals surface area contributed by atoms with E-state index >= 15 is 0 Å². The van der Waals surface area contributed by atoms with Crippen LogP contribution in [-0.4, -0.2) is 13.1 Å². The summed E-state index contributed by atoms with van der Waals surface area (Å²) < 4.78 is 0. The van der Waals surface area contributed by atoms with Crippen molar-refractivity contribution in [3.8, 4) is 0 Å². The summed E-state index contributed by atoms with van der Waals surface area (Å²) in [4.78, 5) is 0. The Morgan fingerprint density at radius 3 is 2.25 bits per heavy atom. The lowest BCUT2D eigenvalue weighted by atomic mass is 9.87. The average molecular weight is 171 g/mol. The fourth-order valence-electron chi connectivity index (χ4n) is 1.41. The predicted octanol–water partition coefficient (Wildman–Crippen LogP) is 3.20. The quantitative estimate of drug-likeness (QED) is 0.580. The molecule has 0 unspecified atom stereocenters. The zero-order valence-corrected chi connectivity index (χ0v) is 9.24. The van der Waals surface area contributed by atoms with Gasteiger partial charge in [0.25, 0.3) is 0 Å². The smallest absolute Gasteiger partial charge is 0.000240 e. The molecule has 1 nitrogen and oxygen atoms in total. The highest BCUT2D eigenvalue weighted by atomic mass is 14.9. The molecule has 0 bridgehead atoms. The fraction of sp³-hybridized carbons (Fsp3) is 1.00. The van der Waals surface area contributed by atoms with Crippen LogP contribution in [0, 0.1) is 5.41 Å². The molecule has 0 aromatic rings. The van der Waals surface area contributed by atoms with Crippen LogP contribution in [0.25, 0.3) is 0 Å². The standard InChI is InChI=1S/C11H25N/c1-5-7-8-9-11(3,4)10-12-6-2/h12H,5-10H2,1-4H3. The van der Waals surface area contributed by atoms with Gasteiger partial charge in [0.1, 0.15) is 0 Å². The second-order valence-corrected chi connectivity index (χ2v) is 4.40. The van der Waals surface area contributed by atoms with Gasteiger partial charge < -0.3 is 5.32 Å². The maximum atomic E-state index is 3.42. The largest absolute Gasteiger partial charge is 0.316 e. The average Bonchev–Trinajstić information content (AvgIpc) is 2.01. The minimum Gasteiger partial charge on any atom is -0.316 e. The molecule has 0 amide bonds. The van der Waals surface area contributed by atoms with Crippen molar-refractivity contribution in [2.24, 2.45) is 5.41 Å². The van der Waals surface area contributed by atoms with Gasteiger partial charge >= 0.3 is 0 Å². The van der Waals surface area contributed by atoms with Crippen molar-refractivity contribution < 1.29 is 0 Å². The molecule has 0 rings (SSSR count). The van der Waals surface area contributed by atoms with E-state index in [4.69, 9.17) is 0 Å². The Kier molecular flexibility index (Phi) is 6.45. The van der Waals surface area contributed by atoms with E-state index in [9.17, 15) is 0 Å². The third kappa shape index (κ3) is 6.66. The summed E-state index contributed by atoms with van der Waals surface area (Å²) in [5.41, 5.74) is 0.491. The first kappa shape index (κ1) is 12.0. The molecular formula is C11H25N. The molecule has 0 aliphatic rings. The van der Waals surface area contributed by atoms with Gasteiger partial charge in [-0.15, -0.1) is 0 Å². The molecular weight excluding hydrogens is 146 g/mol. The lowest BCUT2D eigenvalue weighted by molar-refractivity contribution is 0.305. The van der Waals surface area contributed by atoms with Crippen LogP contribution in [0.4, 0.5) is 0 Å². The summed E-state index contributed by atoms with van der Waals surface area (Å²) >= 11 is 0. The summed E-state index contributed by atoms with van der Waals surface area (Å²) in [6.45, 7) is 11.4. The molecule has 0 aliphatic heterocycles. The van der Waals surface area contributed by atoms with Crippen molar-refractivity contribution in [3.05, 3.63) is 0 Å². The van der Waals surface area contributed by atoms with Crippen molar-refractivity contribution in [2.45, 2.75) is 53.4 Å². The Balaban J connectivity index is 3.42. The molecule has 0 atom stereocenters. The molecule has 0 aliphatic carbocycles. The van der Waals surface area contributed by atoms with E-state index in [1.165, 1.54) is 25.7 Å². The van der Waals surface area contributed by atoms with Gasteiger partial charge in [0.05, 0.1) is 0 Å². The van der Waals surface area contributed by atoms with Crippen molar-refractivity contribution in [1.82, 2.24) is 5.32 Å². The normalized spacial score (nSPS) is 12.0. The van der Waals surface area contributed by atoms with Crippen LogP contribution in [0.1, 0.15) is 53.4 Å². The second-order valence-electron chi connectivity index (χ2n) is 4.40. The van der Waals surface area contributed by atoms with Crippen LogP contribution in [0.5, 0.6) is 0 Å². The van der Waals surface area contributed by atoms with E-state index in [1.807, 2.05) is 0 Å². The van der Waals surface area contributed by atoms with Gasteiger partial charge in [-0.2, -0.15) is 0 Å². The third-order valence-corrected chi connectivity index (χ3v) is 2.31. The monoisotopic (exact) mass is 171 g/mol. The van der Waals surface area contributed by atoms with Crippen LogP contribution < -0.4 is 5.32 Å². The molecule has 0 fully saturated rings. The molecule has 0 aromatic heterocycles.